The van der Waals surface area contributed by atoms with Gasteiger partial charge in [0.05, 0.1) is 18.8 Å². The Morgan fingerprint density at radius 3 is 2.76 bits per heavy atom. The van der Waals surface area contributed by atoms with Crippen molar-refractivity contribution in [3.63, 3.8) is 0 Å². The number of nitrogens with zero attached hydrogens (tertiary/aromatic N) is 3. The van der Waals surface area contributed by atoms with Crippen molar-refractivity contribution in [1.29, 1.82) is 0 Å². The molecule has 0 saturated heterocycles. The van der Waals surface area contributed by atoms with Gasteiger partial charge in [0.15, 0.2) is 5.96 Å². The van der Waals surface area contributed by atoms with E-state index < -0.39 is 0 Å². The molecule has 5 heteroatoms. The van der Waals surface area contributed by atoms with Crippen LogP contribution in [0.25, 0.3) is 0 Å². The fourth-order valence-electron chi connectivity index (χ4n) is 2.73. The maximum Gasteiger partial charge on any atom is 0.191 e. The number of hydrogen-bond donors (Lipinski definition) is 2. The van der Waals surface area contributed by atoms with Gasteiger partial charge in [0.2, 0.25) is 0 Å². The summed E-state index contributed by atoms with van der Waals surface area (Å²) >= 11 is 0. The number of pyridine rings is 1. The lowest BCUT2D eigenvalue weighted by molar-refractivity contribution is 0.799. The highest BCUT2D eigenvalue weighted by Gasteiger charge is 2.07. The second kappa shape index (κ2) is 8.87. The maximum absolute atomic E-state index is 4.70. The SMILES string of the molecule is CCNC(=NCc1cccc(N2CC=CC2)c1)NCc1ccccn1. The van der Waals surface area contributed by atoms with Gasteiger partial charge in [-0.2, -0.15) is 0 Å². The lowest BCUT2D eigenvalue weighted by Gasteiger charge is -2.18. The third kappa shape index (κ3) is 5.08. The number of guanidine groups is 1. The minimum atomic E-state index is 0.645. The lowest BCUT2D eigenvalue weighted by Crippen LogP contribution is -2.37. The number of aromatic nitrogens is 1. The molecule has 1 aliphatic rings. The Morgan fingerprint density at radius 2 is 2.00 bits per heavy atom. The zero-order valence-corrected chi connectivity index (χ0v) is 14.7. The van der Waals surface area contributed by atoms with E-state index in [0.717, 1.165) is 31.3 Å². The van der Waals surface area contributed by atoms with E-state index >= 15 is 0 Å². The molecular formula is C20H25N5. The molecule has 2 heterocycles. The Kier molecular flexibility index (Phi) is 6.04. The summed E-state index contributed by atoms with van der Waals surface area (Å²) in [5.41, 5.74) is 3.46. The third-order valence-corrected chi connectivity index (χ3v) is 4.02. The van der Waals surface area contributed by atoms with Gasteiger partial charge in [-0.05, 0) is 36.8 Å². The molecule has 130 valence electrons. The molecule has 1 aliphatic heterocycles. The van der Waals surface area contributed by atoms with Gasteiger partial charge in [-0.1, -0.05) is 30.4 Å². The van der Waals surface area contributed by atoms with Crippen molar-refractivity contribution in [3.8, 4) is 0 Å². The molecule has 25 heavy (non-hydrogen) atoms. The van der Waals surface area contributed by atoms with Crippen LogP contribution in [0.4, 0.5) is 5.69 Å². The highest BCUT2D eigenvalue weighted by Crippen LogP contribution is 2.18. The summed E-state index contributed by atoms with van der Waals surface area (Å²) in [5.74, 6) is 0.807. The van der Waals surface area contributed by atoms with E-state index in [1.165, 1.54) is 11.3 Å². The topological polar surface area (TPSA) is 52.6 Å². The summed E-state index contributed by atoms with van der Waals surface area (Å²) < 4.78 is 0. The number of benzene rings is 1. The van der Waals surface area contributed by atoms with Gasteiger partial charge < -0.3 is 15.5 Å². The van der Waals surface area contributed by atoms with Crippen LogP contribution in [-0.2, 0) is 13.1 Å². The number of hydrogen-bond acceptors (Lipinski definition) is 3. The number of aliphatic imine (C=N–C) groups is 1. The van der Waals surface area contributed by atoms with E-state index in [9.17, 15) is 0 Å². The first kappa shape index (κ1) is 17.0. The summed E-state index contributed by atoms with van der Waals surface area (Å²) in [6, 6.07) is 14.5. The van der Waals surface area contributed by atoms with Crippen molar-refractivity contribution in [2.75, 3.05) is 24.5 Å². The van der Waals surface area contributed by atoms with Crippen molar-refractivity contribution in [2.45, 2.75) is 20.0 Å². The molecule has 1 aromatic heterocycles. The van der Waals surface area contributed by atoms with Crippen molar-refractivity contribution in [3.05, 3.63) is 72.1 Å². The van der Waals surface area contributed by atoms with E-state index in [2.05, 4.69) is 63.9 Å². The monoisotopic (exact) mass is 335 g/mol. The molecule has 0 atom stereocenters. The molecule has 0 bridgehead atoms. The number of anilines is 1. The molecule has 2 aromatic rings. The molecule has 3 rings (SSSR count). The van der Waals surface area contributed by atoms with Crippen molar-refractivity contribution in [1.82, 2.24) is 15.6 Å². The molecule has 5 nitrogen and oxygen atoms in total. The van der Waals surface area contributed by atoms with Gasteiger partial charge in [0.1, 0.15) is 0 Å². The van der Waals surface area contributed by atoms with Crippen LogP contribution in [-0.4, -0.2) is 30.6 Å². The van der Waals surface area contributed by atoms with Crippen LogP contribution < -0.4 is 15.5 Å². The van der Waals surface area contributed by atoms with Gasteiger partial charge in [-0.25, -0.2) is 4.99 Å². The standard InChI is InChI=1S/C20H25N5/c1-2-21-20(24-16-18-9-3-4-11-22-18)23-15-17-8-7-10-19(14-17)25-12-5-6-13-25/h3-11,14H,2,12-13,15-16H2,1H3,(H2,21,23,24). The Morgan fingerprint density at radius 1 is 1.12 bits per heavy atom. The van der Waals surface area contributed by atoms with Gasteiger partial charge in [-0.15, -0.1) is 0 Å². The molecule has 0 spiro atoms. The predicted molar refractivity (Wildman–Crippen MR) is 104 cm³/mol. The Balaban J connectivity index is 1.61. The second-order valence-electron chi connectivity index (χ2n) is 5.92. The van der Waals surface area contributed by atoms with Gasteiger partial charge in [0, 0.05) is 31.5 Å². The van der Waals surface area contributed by atoms with Crippen LogP contribution in [0.3, 0.4) is 0 Å². The fourth-order valence-corrected chi connectivity index (χ4v) is 2.73. The summed E-state index contributed by atoms with van der Waals surface area (Å²) in [7, 11) is 0. The first-order valence-electron chi connectivity index (χ1n) is 8.76. The average molecular weight is 335 g/mol. The smallest absolute Gasteiger partial charge is 0.191 e. The predicted octanol–water partition coefficient (Wildman–Crippen LogP) is 2.71. The zero-order valence-electron chi connectivity index (χ0n) is 14.7. The third-order valence-electron chi connectivity index (χ3n) is 4.02. The first-order valence-corrected chi connectivity index (χ1v) is 8.76. The highest BCUT2D eigenvalue weighted by molar-refractivity contribution is 5.79. The van der Waals surface area contributed by atoms with Crippen LogP contribution in [0, 0.1) is 0 Å². The van der Waals surface area contributed by atoms with Crippen LogP contribution in [0.1, 0.15) is 18.2 Å². The molecular weight excluding hydrogens is 310 g/mol. The fraction of sp³-hybridized carbons (Fsp3) is 0.300. The Bertz CT molecular complexity index is 716. The number of nitrogens with one attached hydrogen (secondary N) is 2. The number of rotatable bonds is 6. The van der Waals surface area contributed by atoms with Crippen molar-refractivity contribution in [2.24, 2.45) is 4.99 Å². The minimum Gasteiger partial charge on any atom is -0.364 e. The molecule has 0 unspecified atom stereocenters. The van der Waals surface area contributed by atoms with Crippen LogP contribution in [0.2, 0.25) is 0 Å². The Labute approximate surface area is 149 Å². The lowest BCUT2D eigenvalue weighted by atomic mass is 10.2. The Hall–Kier alpha value is -2.82. The van der Waals surface area contributed by atoms with E-state index in [0.29, 0.717) is 13.1 Å². The second-order valence-corrected chi connectivity index (χ2v) is 5.92. The van der Waals surface area contributed by atoms with Gasteiger partial charge in [-0.3, -0.25) is 4.98 Å². The van der Waals surface area contributed by atoms with Crippen LogP contribution >= 0.6 is 0 Å². The zero-order chi connectivity index (χ0) is 17.3. The highest BCUT2D eigenvalue weighted by atomic mass is 15.2. The van der Waals surface area contributed by atoms with Gasteiger partial charge in [0.25, 0.3) is 0 Å². The average Bonchev–Trinajstić information content (AvgIpc) is 3.20. The minimum absolute atomic E-state index is 0.645. The normalized spacial score (nSPS) is 14.0. The summed E-state index contributed by atoms with van der Waals surface area (Å²) in [6.07, 6.45) is 6.21. The molecule has 2 N–H and O–H groups in total. The van der Waals surface area contributed by atoms with Crippen LogP contribution in [0.5, 0.6) is 0 Å². The van der Waals surface area contributed by atoms with Gasteiger partial charge >= 0.3 is 0 Å². The summed E-state index contributed by atoms with van der Waals surface area (Å²) in [5, 5.41) is 6.62. The molecule has 0 radical (unpaired) electrons. The molecule has 0 aliphatic carbocycles. The summed E-state index contributed by atoms with van der Waals surface area (Å²) in [6.45, 7) is 6.17. The van der Waals surface area contributed by atoms with E-state index in [1.54, 1.807) is 6.20 Å². The van der Waals surface area contributed by atoms with E-state index in [4.69, 9.17) is 4.99 Å². The van der Waals surface area contributed by atoms with E-state index in [-0.39, 0.29) is 0 Å². The quantitative estimate of drug-likeness (QED) is 0.484. The first-order chi connectivity index (χ1) is 12.3. The maximum atomic E-state index is 4.70. The van der Waals surface area contributed by atoms with Crippen LogP contribution in [0.15, 0.2) is 65.8 Å². The van der Waals surface area contributed by atoms with E-state index in [1.807, 2.05) is 18.2 Å². The molecule has 0 fully saturated rings. The molecule has 1 aromatic carbocycles. The summed E-state index contributed by atoms with van der Waals surface area (Å²) in [4.78, 5) is 11.4. The van der Waals surface area contributed by atoms with Crippen molar-refractivity contribution < 1.29 is 0 Å². The molecule has 0 saturated carbocycles. The molecule has 0 amide bonds. The van der Waals surface area contributed by atoms with Crippen molar-refractivity contribution >= 4 is 11.6 Å². The largest absolute Gasteiger partial charge is 0.364 e.